The molecule has 9 heteroatoms. The number of nitrogens with zero attached hydrogens (tertiary/aromatic N) is 5. The second-order valence-electron chi connectivity index (χ2n) is 6.64. The molecule has 4 aromatic rings. The van der Waals surface area contributed by atoms with E-state index in [1.807, 2.05) is 0 Å². The summed E-state index contributed by atoms with van der Waals surface area (Å²) in [6.07, 6.45) is 2.71. The molecule has 1 aromatic heterocycles. The molecule has 0 spiro atoms. The maximum atomic E-state index is 14.4. The Morgan fingerprint density at radius 1 is 0.935 bits per heavy atom. The lowest BCUT2D eigenvalue weighted by molar-refractivity contribution is 0.455. The highest BCUT2D eigenvalue weighted by molar-refractivity contribution is 5.74. The molecule has 0 aliphatic carbocycles. The lowest BCUT2D eigenvalue weighted by Gasteiger charge is -2.26. The number of rotatable bonds is 5. The van der Waals surface area contributed by atoms with E-state index in [1.165, 1.54) is 46.6 Å². The van der Waals surface area contributed by atoms with Crippen LogP contribution in [0.5, 0.6) is 5.75 Å². The number of benzene rings is 3. The van der Waals surface area contributed by atoms with Gasteiger partial charge in [-0.25, -0.2) is 17.8 Å². The summed E-state index contributed by atoms with van der Waals surface area (Å²) in [6.45, 7) is -0.259. The minimum atomic E-state index is -0.914. The van der Waals surface area contributed by atoms with E-state index in [9.17, 15) is 23.5 Å². The van der Waals surface area contributed by atoms with Gasteiger partial charge >= 0.3 is 0 Å². The van der Waals surface area contributed by atoms with Crippen LogP contribution in [0, 0.1) is 28.8 Å². The Hall–Kier alpha value is -4.32. The van der Waals surface area contributed by atoms with Gasteiger partial charge in [0.05, 0.1) is 23.9 Å². The van der Waals surface area contributed by atoms with Crippen LogP contribution in [0.25, 0.3) is 11.1 Å². The quantitative estimate of drug-likeness (QED) is 0.517. The Morgan fingerprint density at radius 2 is 1.58 bits per heavy atom. The minimum Gasteiger partial charge on any atom is -0.508 e. The first-order valence-corrected chi connectivity index (χ1v) is 9.05. The van der Waals surface area contributed by atoms with E-state index in [-0.39, 0.29) is 12.1 Å². The van der Waals surface area contributed by atoms with Gasteiger partial charge in [0.25, 0.3) is 0 Å². The van der Waals surface area contributed by atoms with Gasteiger partial charge in [0.2, 0.25) is 0 Å². The molecule has 0 unspecified atom stereocenters. The van der Waals surface area contributed by atoms with E-state index in [4.69, 9.17) is 0 Å². The molecular weight excluding hydrogens is 407 g/mol. The third kappa shape index (κ3) is 4.04. The molecule has 4 rings (SSSR count). The molecule has 6 nitrogen and oxygen atoms in total. The lowest BCUT2D eigenvalue weighted by atomic mass is 9.99. The molecule has 0 amide bonds. The van der Waals surface area contributed by atoms with Crippen molar-refractivity contribution in [3.05, 3.63) is 95.8 Å². The van der Waals surface area contributed by atoms with Gasteiger partial charge < -0.3 is 5.11 Å². The number of phenolic OH excluding ortho intramolecular Hbond substituents is 1. The van der Waals surface area contributed by atoms with Crippen molar-refractivity contribution in [3.63, 3.8) is 0 Å². The summed E-state index contributed by atoms with van der Waals surface area (Å²) < 4.78 is 43.5. The molecule has 0 bridgehead atoms. The van der Waals surface area contributed by atoms with Gasteiger partial charge in [0, 0.05) is 23.3 Å². The number of halogens is 3. The third-order valence-corrected chi connectivity index (χ3v) is 4.70. The van der Waals surface area contributed by atoms with Crippen LogP contribution in [-0.4, -0.2) is 20.0 Å². The van der Waals surface area contributed by atoms with E-state index in [1.54, 1.807) is 18.2 Å². The molecule has 1 N–H and O–H groups in total. The maximum absolute atomic E-state index is 14.4. The highest BCUT2D eigenvalue weighted by Crippen LogP contribution is 2.31. The molecule has 0 saturated heterocycles. The monoisotopic (exact) mass is 421 g/mol. The first-order valence-electron chi connectivity index (χ1n) is 9.05. The van der Waals surface area contributed by atoms with E-state index < -0.39 is 23.2 Å². The summed E-state index contributed by atoms with van der Waals surface area (Å²) in [5, 5.41) is 27.9. The second kappa shape index (κ2) is 8.20. The zero-order valence-electron chi connectivity index (χ0n) is 15.9. The van der Waals surface area contributed by atoms with Gasteiger partial charge in [0.1, 0.15) is 35.9 Å². The largest absolute Gasteiger partial charge is 0.508 e. The Balaban J connectivity index is 1.83. The summed E-state index contributed by atoms with van der Waals surface area (Å²) in [7, 11) is 0. The van der Waals surface area contributed by atoms with Crippen LogP contribution in [0.1, 0.15) is 11.1 Å². The number of phenols is 1. The molecule has 3 aromatic carbocycles. The summed E-state index contributed by atoms with van der Waals surface area (Å²) in [6, 6.07) is 14.2. The fraction of sp³-hybridized carbons (Fsp3) is 0.0455. The highest BCUT2D eigenvalue weighted by Gasteiger charge is 2.19. The van der Waals surface area contributed by atoms with Gasteiger partial charge in [-0.05, 0) is 35.9 Å². The van der Waals surface area contributed by atoms with E-state index >= 15 is 0 Å². The molecular formula is C22H14F3N5O. The molecule has 0 aliphatic heterocycles. The van der Waals surface area contributed by atoms with Crippen LogP contribution >= 0.6 is 0 Å². The fourth-order valence-corrected chi connectivity index (χ4v) is 3.18. The molecule has 1 heterocycles. The summed E-state index contributed by atoms with van der Waals surface area (Å²) >= 11 is 0. The topological polar surface area (TPSA) is 78.0 Å². The molecule has 0 atom stereocenters. The van der Waals surface area contributed by atoms with E-state index in [0.29, 0.717) is 22.4 Å². The zero-order chi connectivity index (χ0) is 22.0. The Morgan fingerprint density at radius 3 is 2.19 bits per heavy atom. The van der Waals surface area contributed by atoms with Crippen molar-refractivity contribution >= 4 is 5.69 Å². The highest BCUT2D eigenvalue weighted by atomic mass is 19.1. The van der Waals surface area contributed by atoms with Gasteiger partial charge in [0.15, 0.2) is 0 Å². The van der Waals surface area contributed by atoms with Crippen molar-refractivity contribution in [1.29, 1.82) is 5.26 Å². The molecule has 0 radical (unpaired) electrons. The van der Waals surface area contributed by atoms with Crippen molar-refractivity contribution in [2.45, 2.75) is 6.54 Å². The average Bonchev–Trinajstić information content (AvgIpc) is 3.28. The van der Waals surface area contributed by atoms with Crippen LogP contribution in [0.2, 0.25) is 0 Å². The predicted octanol–water partition coefficient (Wildman–Crippen LogP) is 4.41. The predicted molar refractivity (Wildman–Crippen MR) is 106 cm³/mol. The third-order valence-electron chi connectivity index (χ3n) is 4.70. The number of aromatic hydroxyl groups is 1. The van der Waals surface area contributed by atoms with Crippen molar-refractivity contribution in [3.8, 4) is 22.9 Å². The Labute approximate surface area is 175 Å². The average molecular weight is 421 g/mol. The van der Waals surface area contributed by atoms with Gasteiger partial charge in [-0.2, -0.15) is 5.26 Å². The van der Waals surface area contributed by atoms with E-state index in [0.717, 1.165) is 12.1 Å². The summed E-state index contributed by atoms with van der Waals surface area (Å²) in [5.74, 6) is -2.76. The summed E-state index contributed by atoms with van der Waals surface area (Å²) in [4.78, 5) is 0. The first kappa shape index (κ1) is 20.0. The maximum Gasteiger partial charge on any atom is 0.139 e. The second-order valence-corrected chi connectivity index (χ2v) is 6.64. The van der Waals surface area contributed by atoms with Crippen LogP contribution in [-0.2, 0) is 6.54 Å². The number of nitriles is 1. The number of aromatic nitrogens is 3. The molecule has 31 heavy (non-hydrogen) atoms. The van der Waals surface area contributed by atoms with Crippen LogP contribution in [0.4, 0.5) is 18.9 Å². The molecule has 0 aliphatic rings. The van der Waals surface area contributed by atoms with Crippen LogP contribution < -0.4 is 5.01 Å². The molecule has 154 valence electrons. The van der Waals surface area contributed by atoms with Crippen LogP contribution in [0.3, 0.4) is 0 Å². The van der Waals surface area contributed by atoms with Gasteiger partial charge in [-0.3, -0.25) is 5.01 Å². The van der Waals surface area contributed by atoms with Crippen molar-refractivity contribution in [1.82, 2.24) is 14.9 Å². The first-order chi connectivity index (χ1) is 15.0. The molecule has 0 fully saturated rings. The SMILES string of the molecule is N#Cc1ccc(N(Cc2c(F)cc(O)cc2F)n2cnnc2)cc1-c1ccc(F)cc1. The van der Waals surface area contributed by atoms with Crippen molar-refractivity contribution < 1.29 is 18.3 Å². The smallest absolute Gasteiger partial charge is 0.139 e. The number of anilines is 1. The number of hydrogen-bond acceptors (Lipinski definition) is 5. The summed E-state index contributed by atoms with van der Waals surface area (Å²) in [5.41, 5.74) is 1.67. The van der Waals surface area contributed by atoms with Crippen LogP contribution in [0.15, 0.2) is 67.3 Å². The Kier molecular flexibility index (Phi) is 5.28. The van der Waals surface area contributed by atoms with E-state index in [2.05, 4.69) is 16.3 Å². The minimum absolute atomic E-state index is 0.259. The van der Waals surface area contributed by atoms with Crippen molar-refractivity contribution in [2.75, 3.05) is 5.01 Å². The number of hydrogen-bond donors (Lipinski definition) is 1. The molecule has 0 saturated carbocycles. The Bertz CT molecular complexity index is 1240. The normalized spacial score (nSPS) is 10.6. The van der Waals surface area contributed by atoms with Gasteiger partial charge in [-0.1, -0.05) is 12.1 Å². The standard InChI is InChI=1S/C22H14F3N5O/c23-16-4-1-14(2-5-16)19-7-17(6-3-15(19)10-26)30(29-12-27-28-13-29)11-20-21(24)8-18(31)9-22(20)25/h1-9,12-13,31H,11H2. The zero-order valence-corrected chi connectivity index (χ0v) is 15.9. The van der Waals surface area contributed by atoms with Gasteiger partial charge in [-0.15, -0.1) is 10.2 Å². The fourth-order valence-electron chi connectivity index (χ4n) is 3.18. The lowest BCUT2D eigenvalue weighted by Crippen LogP contribution is -2.29. The van der Waals surface area contributed by atoms with Crippen molar-refractivity contribution in [2.24, 2.45) is 0 Å².